The van der Waals surface area contributed by atoms with Gasteiger partial charge in [0, 0.05) is 0 Å². The van der Waals surface area contributed by atoms with Crippen molar-refractivity contribution in [2.45, 2.75) is 19.8 Å². The summed E-state index contributed by atoms with van der Waals surface area (Å²) in [5.41, 5.74) is 3.68. The van der Waals surface area contributed by atoms with Gasteiger partial charge in [0.05, 0.1) is 7.11 Å². The van der Waals surface area contributed by atoms with Gasteiger partial charge in [0.1, 0.15) is 5.75 Å². The Morgan fingerprint density at radius 3 is 2.24 bits per heavy atom. The van der Waals surface area contributed by atoms with Crippen LogP contribution >= 0.6 is 0 Å². The molecule has 1 heteroatoms. The van der Waals surface area contributed by atoms with Gasteiger partial charge in [-0.25, -0.2) is 0 Å². The normalized spacial score (nSPS) is 10.2. The van der Waals surface area contributed by atoms with Crippen LogP contribution in [-0.2, 0) is 6.42 Å². The highest BCUT2D eigenvalue weighted by Crippen LogP contribution is 2.22. The van der Waals surface area contributed by atoms with E-state index in [1.54, 1.807) is 7.11 Å². The molecule has 2 rings (SSSR count). The van der Waals surface area contributed by atoms with Crippen molar-refractivity contribution in [1.29, 1.82) is 0 Å². The fourth-order valence-corrected chi connectivity index (χ4v) is 1.84. The van der Waals surface area contributed by atoms with Crippen molar-refractivity contribution >= 4 is 0 Å². The Bertz CT molecular complexity index is 454. The van der Waals surface area contributed by atoms with E-state index in [0.29, 0.717) is 0 Å². The maximum Gasteiger partial charge on any atom is 0.118 e. The monoisotopic (exact) mass is 225 g/mol. The molecule has 0 N–H and O–H groups in total. The Morgan fingerprint density at radius 1 is 1.00 bits per heavy atom. The molecule has 0 atom stereocenters. The van der Waals surface area contributed by atoms with Gasteiger partial charge < -0.3 is 4.74 Å². The second kappa shape index (κ2) is 5.53. The molecule has 0 amide bonds. The zero-order valence-corrected chi connectivity index (χ0v) is 10.4. The van der Waals surface area contributed by atoms with Crippen LogP contribution in [0.15, 0.2) is 42.5 Å². The van der Waals surface area contributed by atoms with Crippen molar-refractivity contribution in [2.24, 2.45) is 0 Å². The summed E-state index contributed by atoms with van der Waals surface area (Å²) in [7, 11) is 1.68. The number of hydrogen-bond donors (Lipinski definition) is 0. The van der Waals surface area contributed by atoms with E-state index in [-0.39, 0.29) is 0 Å². The van der Waals surface area contributed by atoms with Crippen molar-refractivity contribution in [3.8, 4) is 16.9 Å². The highest BCUT2D eigenvalue weighted by molar-refractivity contribution is 5.64. The summed E-state index contributed by atoms with van der Waals surface area (Å²) in [6.07, 6.45) is 2.27. The van der Waals surface area contributed by atoms with Gasteiger partial charge in [-0.2, -0.15) is 0 Å². The van der Waals surface area contributed by atoms with Crippen LogP contribution in [0.5, 0.6) is 5.75 Å². The summed E-state index contributed by atoms with van der Waals surface area (Å²) in [5.74, 6) is 0.889. The van der Waals surface area contributed by atoms with Gasteiger partial charge in [0.25, 0.3) is 0 Å². The number of hydrogen-bond acceptors (Lipinski definition) is 1. The molecule has 17 heavy (non-hydrogen) atoms. The molecule has 0 saturated carbocycles. The minimum absolute atomic E-state index is 0.889. The second-order valence-electron chi connectivity index (χ2n) is 4.08. The molecule has 87 valence electrons. The van der Waals surface area contributed by atoms with Gasteiger partial charge in [-0.1, -0.05) is 37.6 Å². The van der Waals surface area contributed by atoms with E-state index in [9.17, 15) is 0 Å². The highest BCUT2D eigenvalue weighted by atomic mass is 16.5. The van der Waals surface area contributed by atoms with Crippen LogP contribution in [0.3, 0.4) is 0 Å². The lowest BCUT2D eigenvalue weighted by atomic mass is 10.0. The van der Waals surface area contributed by atoms with Crippen molar-refractivity contribution in [2.75, 3.05) is 7.11 Å². The van der Waals surface area contributed by atoms with Gasteiger partial charge in [0.2, 0.25) is 0 Å². The topological polar surface area (TPSA) is 9.23 Å². The van der Waals surface area contributed by atoms with E-state index in [1.807, 2.05) is 12.1 Å². The van der Waals surface area contributed by atoms with E-state index in [2.05, 4.69) is 43.3 Å². The van der Waals surface area contributed by atoms with Gasteiger partial charge in [-0.05, 0) is 47.4 Å². The molecule has 1 radical (unpaired) electrons. The quantitative estimate of drug-likeness (QED) is 0.760. The summed E-state index contributed by atoms with van der Waals surface area (Å²) in [4.78, 5) is 0. The van der Waals surface area contributed by atoms with Gasteiger partial charge in [-0.3, -0.25) is 0 Å². The van der Waals surface area contributed by atoms with Crippen LogP contribution in [0.1, 0.15) is 18.9 Å². The first-order chi connectivity index (χ1) is 8.33. The summed E-state index contributed by atoms with van der Waals surface area (Å²) >= 11 is 0. The second-order valence-corrected chi connectivity index (χ2v) is 4.08. The summed E-state index contributed by atoms with van der Waals surface area (Å²) in [5, 5.41) is 0. The average molecular weight is 225 g/mol. The fraction of sp³-hybridized carbons (Fsp3) is 0.250. The molecule has 0 spiro atoms. The molecule has 0 heterocycles. The molecule has 1 nitrogen and oxygen atoms in total. The van der Waals surface area contributed by atoms with E-state index in [0.717, 1.165) is 12.2 Å². The number of methoxy groups -OCH3 is 1. The summed E-state index contributed by atoms with van der Waals surface area (Å²) in [6, 6.07) is 17.8. The lowest BCUT2D eigenvalue weighted by molar-refractivity contribution is 0.415. The van der Waals surface area contributed by atoms with E-state index < -0.39 is 0 Å². The third-order valence-corrected chi connectivity index (χ3v) is 2.82. The zero-order chi connectivity index (χ0) is 12.1. The third-order valence-electron chi connectivity index (χ3n) is 2.82. The lowest BCUT2D eigenvalue weighted by Gasteiger charge is -2.05. The molecule has 0 aliphatic heterocycles. The minimum Gasteiger partial charge on any atom is -0.497 e. The van der Waals surface area contributed by atoms with Gasteiger partial charge in [0.15, 0.2) is 0 Å². The van der Waals surface area contributed by atoms with Crippen molar-refractivity contribution in [3.05, 3.63) is 54.1 Å². The molecule has 2 aromatic carbocycles. The predicted molar refractivity (Wildman–Crippen MR) is 71.3 cm³/mol. The van der Waals surface area contributed by atoms with Gasteiger partial charge >= 0.3 is 0 Å². The van der Waals surface area contributed by atoms with Crippen LogP contribution in [0.2, 0.25) is 0 Å². The van der Waals surface area contributed by atoms with Crippen LogP contribution in [0.25, 0.3) is 11.1 Å². The molecule has 0 fully saturated rings. The van der Waals surface area contributed by atoms with Crippen molar-refractivity contribution in [1.82, 2.24) is 0 Å². The third kappa shape index (κ3) is 2.88. The Hall–Kier alpha value is -1.76. The number of ether oxygens (including phenoxy) is 1. The fourth-order valence-electron chi connectivity index (χ4n) is 1.84. The molecule has 0 aromatic heterocycles. The molecule has 0 aliphatic rings. The smallest absolute Gasteiger partial charge is 0.118 e. The number of aryl methyl sites for hydroxylation is 1. The Balaban J connectivity index is 2.20. The lowest BCUT2D eigenvalue weighted by Crippen LogP contribution is -1.85. The average Bonchev–Trinajstić information content (AvgIpc) is 2.40. The minimum atomic E-state index is 0.889. The number of benzene rings is 2. The first-order valence-corrected chi connectivity index (χ1v) is 5.98. The predicted octanol–water partition coefficient (Wildman–Crippen LogP) is 4.11. The molecule has 2 aromatic rings. The Labute approximate surface area is 103 Å². The van der Waals surface area contributed by atoms with Crippen molar-refractivity contribution < 1.29 is 4.74 Å². The Kier molecular flexibility index (Phi) is 3.81. The molecule has 0 bridgehead atoms. The first kappa shape index (κ1) is 11.7. The summed E-state index contributed by atoms with van der Waals surface area (Å²) in [6.45, 7) is 2.19. The molecular weight excluding hydrogens is 208 g/mol. The van der Waals surface area contributed by atoms with E-state index in [4.69, 9.17) is 4.74 Å². The van der Waals surface area contributed by atoms with Crippen LogP contribution in [0.4, 0.5) is 0 Å². The van der Waals surface area contributed by atoms with Gasteiger partial charge in [-0.15, -0.1) is 0 Å². The molecular formula is C16H17O. The zero-order valence-electron chi connectivity index (χ0n) is 10.4. The van der Waals surface area contributed by atoms with Crippen LogP contribution in [0, 0.1) is 6.07 Å². The highest BCUT2D eigenvalue weighted by Gasteiger charge is 1.99. The summed E-state index contributed by atoms with van der Waals surface area (Å²) < 4.78 is 5.15. The Morgan fingerprint density at radius 2 is 1.71 bits per heavy atom. The largest absolute Gasteiger partial charge is 0.497 e. The SMILES string of the molecule is CCCc1[c]cc(-c2ccc(OC)cc2)cc1. The first-order valence-electron chi connectivity index (χ1n) is 5.98. The molecule has 0 saturated heterocycles. The maximum absolute atomic E-state index is 5.15. The van der Waals surface area contributed by atoms with Crippen molar-refractivity contribution in [3.63, 3.8) is 0 Å². The van der Waals surface area contributed by atoms with E-state index in [1.165, 1.54) is 23.1 Å². The van der Waals surface area contributed by atoms with Crippen LogP contribution in [-0.4, -0.2) is 7.11 Å². The number of rotatable bonds is 4. The maximum atomic E-state index is 5.15. The van der Waals surface area contributed by atoms with Crippen LogP contribution < -0.4 is 4.74 Å². The standard InChI is InChI=1S/C16H17O/c1-3-4-13-5-7-14(8-6-13)15-9-11-16(17-2)12-10-15/h5,7-12H,3-4H2,1-2H3. The molecule has 0 aliphatic carbocycles. The van der Waals surface area contributed by atoms with E-state index >= 15 is 0 Å². The molecule has 0 unspecified atom stereocenters.